The molecule has 0 radical (unpaired) electrons. The van der Waals surface area contributed by atoms with Gasteiger partial charge in [-0.05, 0) is 67.1 Å². The molecule has 1 unspecified atom stereocenters. The number of benzene rings is 2. The van der Waals surface area contributed by atoms with Crippen LogP contribution in [-0.4, -0.2) is 30.9 Å². The quantitative estimate of drug-likeness (QED) is 0.312. The van der Waals surface area contributed by atoms with Gasteiger partial charge in [-0.25, -0.2) is 4.79 Å². The molecule has 3 rings (SSSR count). The number of carboxylic acid groups (broad SMARTS) is 1. The van der Waals surface area contributed by atoms with Crippen LogP contribution >= 0.6 is 11.3 Å². The van der Waals surface area contributed by atoms with E-state index in [1.807, 2.05) is 13.8 Å². The van der Waals surface area contributed by atoms with Crippen LogP contribution in [-0.2, 0) is 15.7 Å². The lowest BCUT2D eigenvalue weighted by atomic mass is 10.1. The van der Waals surface area contributed by atoms with E-state index < -0.39 is 24.3 Å². The van der Waals surface area contributed by atoms with Gasteiger partial charge in [0.1, 0.15) is 11.5 Å². The van der Waals surface area contributed by atoms with Crippen LogP contribution in [0.1, 0.15) is 47.4 Å². The fourth-order valence-electron chi connectivity index (χ4n) is 3.58. The standard InChI is InChI=1S/C25H27F3O5S/c1-4-10-32-21(9-11-31-18-6-8-20(15(2)12-18)33-14-23(29)30)24-16(3)19-7-5-17(25(26,27)28)13-22(19)34-24/h5-8,12-13,21H,4,9-11,14H2,1-3H3,(H,29,30). The van der Waals surface area contributed by atoms with Crippen LogP contribution < -0.4 is 9.47 Å². The van der Waals surface area contributed by atoms with Crippen molar-refractivity contribution in [1.29, 1.82) is 0 Å². The highest BCUT2D eigenvalue weighted by Gasteiger charge is 2.31. The first-order valence-corrected chi connectivity index (χ1v) is 11.7. The van der Waals surface area contributed by atoms with E-state index in [4.69, 9.17) is 19.3 Å². The van der Waals surface area contributed by atoms with Crippen molar-refractivity contribution in [1.82, 2.24) is 0 Å². The molecule has 0 bridgehead atoms. The number of hydrogen-bond acceptors (Lipinski definition) is 5. The van der Waals surface area contributed by atoms with E-state index in [2.05, 4.69) is 0 Å². The molecule has 2 aromatic carbocycles. The summed E-state index contributed by atoms with van der Waals surface area (Å²) < 4.78 is 57.2. The molecule has 1 atom stereocenters. The Morgan fingerprint density at radius 3 is 2.50 bits per heavy atom. The zero-order valence-corrected chi connectivity index (χ0v) is 20.0. The Balaban J connectivity index is 1.73. The summed E-state index contributed by atoms with van der Waals surface area (Å²) in [5, 5.41) is 9.55. The van der Waals surface area contributed by atoms with Crippen LogP contribution in [0.15, 0.2) is 36.4 Å². The van der Waals surface area contributed by atoms with Gasteiger partial charge in [-0.2, -0.15) is 13.2 Å². The van der Waals surface area contributed by atoms with E-state index >= 15 is 0 Å². The second kappa shape index (κ2) is 11.1. The Morgan fingerprint density at radius 2 is 1.85 bits per heavy atom. The van der Waals surface area contributed by atoms with Crippen molar-refractivity contribution in [2.45, 2.75) is 45.9 Å². The molecule has 0 saturated heterocycles. The lowest BCUT2D eigenvalue weighted by molar-refractivity contribution is -0.139. The number of carboxylic acids is 1. The number of carbonyl (C=O) groups is 1. The molecule has 1 N–H and O–H groups in total. The maximum atomic E-state index is 13.1. The molecule has 0 aliphatic rings. The number of halogens is 3. The largest absolute Gasteiger partial charge is 0.493 e. The second-order valence-corrected chi connectivity index (χ2v) is 8.99. The van der Waals surface area contributed by atoms with E-state index in [9.17, 15) is 18.0 Å². The molecule has 34 heavy (non-hydrogen) atoms. The summed E-state index contributed by atoms with van der Waals surface area (Å²) in [5.74, 6) is 0.0272. The summed E-state index contributed by atoms with van der Waals surface area (Å²) in [7, 11) is 0. The lowest BCUT2D eigenvalue weighted by Gasteiger charge is -2.18. The number of rotatable bonds is 11. The van der Waals surface area contributed by atoms with Gasteiger partial charge >= 0.3 is 12.1 Å². The van der Waals surface area contributed by atoms with E-state index in [-0.39, 0.29) is 6.10 Å². The number of ether oxygens (including phenoxy) is 3. The van der Waals surface area contributed by atoms with E-state index in [0.717, 1.165) is 33.9 Å². The maximum absolute atomic E-state index is 13.1. The van der Waals surface area contributed by atoms with Crippen molar-refractivity contribution in [3.05, 3.63) is 58.0 Å². The monoisotopic (exact) mass is 496 g/mol. The smallest absolute Gasteiger partial charge is 0.416 e. The molecule has 0 aliphatic heterocycles. The number of thiophene rings is 1. The van der Waals surface area contributed by atoms with Gasteiger partial charge in [0.05, 0.1) is 18.3 Å². The van der Waals surface area contributed by atoms with Crippen LogP contribution in [0.4, 0.5) is 13.2 Å². The summed E-state index contributed by atoms with van der Waals surface area (Å²) in [6.07, 6.45) is -3.34. The average molecular weight is 497 g/mol. The summed E-state index contributed by atoms with van der Waals surface area (Å²) in [6, 6.07) is 8.96. The maximum Gasteiger partial charge on any atom is 0.416 e. The molecule has 0 saturated carbocycles. The number of fused-ring (bicyclic) bond motifs is 1. The first-order chi connectivity index (χ1) is 16.1. The fraction of sp³-hybridized carbons (Fsp3) is 0.400. The van der Waals surface area contributed by atoms with Gasteiger partial charge in [-0.3, -0.25) is 0 Å². The third-order valence-corrected chi connectivity index (χ3v) is 6.61. The molecule has 0 amide bonds. The molecule has 5 nitrogen and oxygen atoms in total. The normalized spacial score (nSPS) is 12.6. The van der Waals surface area contributed by atoms with Crippen LogP contribution in [0.3, 0.4) is 0 Å². The van der Waals surface area contributed by atoms with Crippen molar-refractivity contribution in [3.63, 3.8) is 0 Å². The Hall–Kier alpha value is -2.78. The number of aliphatic carboxylic acids is 1. The number of hydrogen-bond donors (Lipinski definition) is 1. The minimum atomic E-state index is -4.38. The Labute approximate surface area is 200 Å². The van der Waals surface area contributed by atoms with Crippen molar-refractivity contribution >= 4 is 27.4 Å². The van der Waals surface area contributed by atoms with Gasteiger partial charge in [-0.1, -0.05) is 13.0 Å². The highest BCUT2D eigenvalue weighted by molar-refractivity contribution is 7.19. The Bertz CT molecular complexity index is 1140. The van der Waals surface area contributed by atoms with Crippen LogP contribution in [0.2, 0.25) is 0 Å². The van der Waals surface area contributed by atoms with Crippen LogP contribution in [0.25, 0.3) is 10.1 Å². The highest BCUT2D eigenvalue weighted by atomic mass is 32.1. The first kappa shape index (κ1) is 25.8. The fourth-order valence-corrected chi connectivity index (χ4v) is 4.91. The Morgan fingerprint density at radius 1 is 1.09 bits per heavy atom. The molecule has 0 aliphatic carbocycles. The topological polar surface area (TPSA) is 65.0 Å². The van der Waals surface area contributed by atoms with Crippen molar-refractivity contribution < 1.29 is 37.3 Å². The SMILES string of the molecule is CCCOC(CCOc1ccc(OCC(=O)O)c(C)c1)c1sc2cc(C(F)(F)F)ccc2c1C. The molecule has 0 fully saturated rings. The van der Waals surface area contributed by atoms with Crippen molar-refractivity contribution in [3.8, 4) is 11.5 Å². The third-order valence-electron chi connectivity index (χ3n) is 5.26. The van der Waals surface area contributed by atoms with Crippen molar-refractivity contribution in [2.24, 2.45) is 0 Å². The van der Waals surface area contributed by atoms with E-state index in [1.54, 1.807) is 25.1 Å². The molecular weight excluding hydrogens is 469 g/mol. The predicted octanol–water partition coefficient (Wildman–Crippen LogP) is 6.94. The minimum Gasteiger partial charge on any atom is -0.493 e. The summed E-state index contributed by atoms with van der Waals surface area (Å²) in [6.45, 7) is 6.15. The molecular formula is C25H27F3O5S. The van der Waals surface area contributed by atoms with E-state index in [1.165, 1.54) is 23.5 Å². The van der Waals surface area contributed by atoms with Crippen LogP contribution in [0, 0.1) is 13.8 Å². The molecule has 9 heteroatoms. The summed E-state index contributed by atoms with van der Waals surface area (Å²) >= 11 is 1.33. The summed E-state index contributed by atoms with van der Waals surface area (Å²) in [5.41, 5.74) is 1.01. The van der Waals surface area contributed by atoms with Gasteiger partial charge in [0.15, 0.2) is 6.61 Å². The molecule has 3 aromatic rings. The van der Waals surface area contributed by atoms with Gasteiger partial charge in [0.25, 0.3) is 0 Å². The van der Waals surface area contributed by atoms with Gasteiger partial charge in [0.2, 0.25) is 0 Å². The first-order valence-electron chi connectivity index (χ1n) is 10.9. The summed E-state index contributed by atoms with van der Waals surface area (Å²) in [4.78, 5) is 11.6. The van der Waals surface area contributed by atoms with Gasteiger partial charge in [-0.15, -0.1) is 11.3 Å². The van der Waals surface area contributed by atoms with Crippen molar-refractivity contribution in [2.75, 3.05) is 19.8 Å². The van der Waals surface area contributed by atoms with Gasteiger partial charge < -0.3 is 19.3 Å². The zero-order chi connectivity index (χ0) is 24.9. The van der Waals surface area contributed by atoms with Crippen LogP contribution in [0.5, 0.6) is 11.5 Å². The molecule has 1 heterocycles. The van der Waals surface area contributed by atoms with Gasteiger partial charge in [0, 0.05) is 22.6 Å². The molecule has 0 spiro atoms. The molecule has 1 aromatic heterocycles. The highest BCUT2D eigenvalue weighted by Crippen LogP contribution is 2.40. The predicted molar refractivity (Wildman–Crippen MR) is 125 cm³/mol. The minimum absolute atomic E-state index is 0.300. The third kappa shape index (κ3) is 6.42. The lowest BCUT2D eigenvalue weighted by Crippen LogP contribution is -2.11. The molecule has 184 valence electrons. The Kier molecular flexibility index (Phi) is 8.43. The number of alkyl halides is 3. The zero-order valence-electron chi connectivity index (χ0n) is 19.2. The number of aryl methyl sites for hydroxylation is 2. The second-order valence-electron chi connectivity index (χ2n) is 7.91. The average Bonchev–Trinajstić information content (AvgIpc) is 3.10. The van der Waals surface area contributed by atoms with E-state index in [0.29, 0.717) is 35.8 Å².